The number of rotatable bonds is 2. The van der Waals surface area contributed by atoms with Gasteiger partial charge in [0.05, 0.1) is 16.9 Å². The molecule has 1 aromatic rings. The molecule has 0 saturated carbocycles. The summed E-state index contributed by atoms with van der Waals surface area (Å²) in [6.45, 7) is 10.2. The molecule has 1 aliphatic heterocycles. The largest absolute Gasteiger partial charge is 0.386 e. The summed E-state index contributed by atoms with van der Waals surface area (Å²) in [6, 6.07) is 3.88. The number of aryl methyl sites for hydroxylation is 1. The van der Waals surface area contributed by atoms with E-state index in [0.29, 0.717) is 0 Å². The zero-order valence-electron chi connectivity index (χ0n) is 11.9. The number of aliphatic hydroxyl groups is 1. The topological polar surface area (TPSA) is 42.4 Å². The van der Waals surface area contributed by atoms with Gasteiger partial charge in [-0.3, -0.25) is 4.98 Å². The fraction of sp³-hybridized carbons (Fsp3) is 0.667. The summed E-state index contributed by atoms with van der Waals surface area (Å²) >= 11 is 0. The monoisotopic (exact) mass is 249 g/mol. The summed E-state index contributed by atoms with van der Waals surface area (Å²) in [6.07, 6.45) is 2.01. The average molecular weight is 249 g/mol. The van der Waals surface area contributed by atoms with Crippen molar-refractivity contribution >= 4 is 0 Å². The normalized spacial score (nSPS) is 27.1. The number of aliphatic hydroxyl groups excluding tert-OH is 1. The van der Waals surface area contributed by atoms with E-state index in [4.69, 9.17) is 4.74 Å². The highest BCUT2D eigenvalue weighted by atomic mass is 16.5. The molecular formula is C15H23NO2. The van der Waals surface area contributed by atoms with E-state index >= 15 is 0 Å². The summed E-state index contributed by atoms with van der Waals surface area (Å²) in [5, 5.41) is 10.6. The van der Waals surface area contributed by atoms with E-state index in [-0.39, 0.29) is 17.1 Å². The van der Waals surface area contributed by atoms with Gasteiger partial charge in [0.15, 0.2) is 0 Å². The number of ether oxygens (including phenoxy) is 1. The van der Waals surface area contributed by atoms with Crippen molar-refractivity contribution in [2.75, 3.05) is 0 Å². The predicted molar refractivity (Wildman–Crippen MR) is 71.3 cm³/mol. The lowest BCUT2D eigenvalue weighted by Gasteiger charge is -2.30. The van der Waals surface area contributed by atoms with Gasteiger partial charge in [0.25, 0.3) is 0 Å². The molecule has 1 aliphatic rings. The van der Waals surface area contributed by atoms with Crippen molar-refractivity contribution in [2.24, 2.45) is 5.92 Å². The Bertz CT molecular complexity index is 440. The summed E-state index contributed by atoms with van der Waals surface area (Å²) in [7, 11) is 0. The molecule has 0 aliphatic carbocycles. The van der Waals surface area contributed by atoms with Crippen LogP contribution in [0.25, 0.3) is 0 Å². The molecule has 1 aromatic heterocycles. The van der Waals surface area contributed by atoms with Crippen LogP contribution in [-0.4, -0.2) is 21.3 Å². The van der Waals surface area contributed by atoms with E-state index in [0.717, 1.165) is 17.7 Å². The minimum Gasteiger partial charge on any atom is -0.386 e. The molecule has 1 saturated heterocycles. The molecule has 0 bridgehead atoms. The van der Waals surface area contributed by atoms with Crippen LogP contribution in [0.5, 0.6) is 0 Å². The van der Waals surface area contributed by atoms with Gasteiger partial charge < -0.3 is 9.84 Å². The first-order chi connectivity index (χ1) is 8.23. The predicted octanol–water partition coefficient (Wildman–Crippen LogP) is 3.02. The van der Waals surface area contributed by atoms with Crippen LogP contribution in [0.1, 0.15) is 51.5 Å². The molecule has 1 N–H and O–H groups in total. The minimum atomic E-state index is -0.567. The standard InChI is InChI=1S/C15H23NO2/c1-10-7-6-8-16-12(10)13(17)11-9-14(2,3)18-15(11,4)5/h6-8,11,13,17H,9H2,1-5H3. The minimum absolute atomic E-state index is 0.0705. The summed E-state index contributed by atoms with van der Waals surface area (Å²) in [4.78, 5) is 4.33. The molecular weight excluding hydrogens is 226 g/mol. The van der Waals surface area contributed by atoms with E-state index in [9.17, 15) is 5.11 Å². The number of hydrogen-bond donors (Lipinski definition) is 1. The van der Waals surface area contributed by atoms with E-state index in [1.807, 2.05) is 32.9 Å². The van der Waals surface area contributed by atoms with E-state index < -0.39 is 6.10 Å². The second kappa shape index (κ2) is 4.32. The Hall–Kier alpha value is -0.930. The van der Waals surface area contributed by atoms with Gasteiger partial charge in [0, 0.05) is 12.1 Å². The zero-order chi connectivity index (χ0) is 13.6. The van der Waals surface area contributed by atoms with Crippen LogP contribution in [0.4, 0.5) is 0 Å². The van der Waals surface area contributed by atoms with Crippen LogP contribution in [-0.2, 0) is 4.74 Å². The lowest BCUT2D eigenvalue weighted by molar-refractivity contribution is -0.0884. The molecule has 0 amide bonds. The van der Waals surface area contributed by atoms with Crippen LogP contribution in [0.2, 0.25) is 0 Å². The van der Waals surface area contributed by atoms with Gasteiger partial charge in [0.2, 0.25) is 0 Å². The van der Waals surface area contributed by atoms with Crippen LogP contribution >= 0.6 is 0 Å². The number of pyridine rings is 1. The molecule has 3 heteroatoms. The van der Waals surface area contributed by atoms with Crippen molar-refractivity contribution in [3.63, 3.8) is 0 Å². The average Bonchev–Trinajstić information content (AvgIpc) is 2.46. The summed E-state index contributed by atoms with van der Waals surface area (Å²) in [5.41, 5.74) is 1.30. The Morgan fingerprint density at radius 3 is 2.56 bits per heavy atom. The Balaban J connectivity index is 2.30. The molecule has 2 heterocycles. The Morgan fingerprint density at radius 2 is 2.06 bits per heavy atom. The van der Waals surface area contributed by atoms with E-state index in [1.54, 1.807) is 6.20 Å². The van der Waals surface area contributed by atoms with Gasteiger partial charge in [-0.15, -0.1) is 0 Å². The van der Waals surface area contributed by atoms with E-state index in [2.05, 4.69) is 18.8 Å². The highest BCUT2D eigenvalue weighted by Crippen LogP contribution is 2.47. The van der Waals surface area contributed by atoms with E-state index in [1.165, 1.54) is 0 Å². The maximum atomic E-state index is 10.6. The molecule has 1 fully saturated rings. The van der Waals surface area contributed by atoms with Crippen LogP contribution in [0.3, 0.4) is 0 Å². The van der Waals surface area contributed by atoms with Gasteiger partial charge in [-0.05, 0) is 52.7 Å². The molecule has 2 unspecified atom stereocenters. The van der Waals surface area contributed by atoms with Crippen molar-refractivity contribution in [3.05, 3.63) is 29.6 Å². The second-order valence-electron chi connectivity index (χ2n) is 6.43. The zero-order valence-corrected chi connectivity index (χ0v) is 11.9. The Morgan fingerprint density at radius 1 is 1.39 bits per heavy atom. The SMILES string of the molecule is Cc1cccnc1C(O)C1CC(C)(C)OC1(C)C. The first-order valence-electron chi connectivity index (χ1n) is 6.53. The molecule has 2 atom stereocenters. The molecule has 0 aromatic carbocycles. The maximum Gasteiger partial charge on any atom is 0.102 e. The summed E-state index contributed by atoms with van der Waals surface area (Å²) in [5.74, 6) is 0.0705. The highest BCUT2D eigenvalue weighted by molar-refractivity contribution is 5.21. The number of aromatic nitrogens is 1. The fourth-order valence-electron chi connectivity index (χ4n) is 3.09. The van der Waals surface area contributed by atoms with Gasteiger partial charge in [-0.25, -0.2) is 0 Å². The van der Waals surface area contributed by atoms with Crippen LogP contribution < -0.4 is 0 Å². The number of hydrogen-bond acceptors (Lipinski definition) is 3. The van der Waals surface area contributed by atoms with Gasteiger partial charge in [-0.1, -0.05) is 6.07 Å². The Kier molecular flexibility index (Phi) is 3.24. The maximum absolute atomic E-state index is 10.6. The van der Waals surface area contributed by atoms with Crippen molar-refractivity contribution in [3.8, 4) is 0 Å². The van der Waals surface area contributed by atoms with Crippen LogP contribution in [0.15, 0.2) is 18.3 Å². The van der Waals surface area contributed by atoms with Crippen LogP contribution in [0, 0.1) is 12.8 Å². The molecule has 100 valence electrons. The quantitative estimate of drug-likeness (QED) is 0.876. The third-order valence-electron chi connectivity index (χ3n) is 3.86. The lowest BCUT2D eigenvalue weighted by Crippen LogP contribution is -2.33. The third-order valence-corrected chi connectivity index (χ3v) is 3.86. The first kappa shape index (κ1) is 13.5. The molecule has 0 radical (unpaired) electrons. The molecule has 3 nitrogen and oxygen atoms in total. The van der Waals surface area contributed by atoms with Gasteiger partial charge >= 0.3 is 0 Å². The number of nitrogens with zero attached hydrogens (tertiary/aromatic N) is 1. The van der Waals surface area contributed by atoms with Gasteiger partial charge in [-0.2, -0.15) is 0 Å². The van der Waals surface area contributed by atoms with Crippen molar-refractivity contribution in [1.82, 2.24) is 4.98 Å². The second-order valence-corrected chi connectivity index (χ2v) is 6.43. The first-order valence-corrected chi connectivity index (χ1v) is 6.53. The molecule has 2 rings (SSSR count). The van der Waals surface area contributed by atoms with Crippen molar-refractivity contribution in [1.29, 1.82) is 0 Å². The highest BCUT2D eigenvalue weighted by Gasteiger charge is 2.49. The van der Waals surface area contributed by atoms with Crippen molar-refractivity contribution < 1.29 is 9.84 Å². The van der Waals surface area contributed by atoms with Gasteiger partial charge in [0.1, 0.15) is 6.10 Å². The third kappa shape index (κ3) is 2.43. The lowest BCUT2D eigenvalue weighted by atomic mass is 9.81. The summed E-state index contributed by atoms with van der Waals surface area (Å²) < 4.78 is 6.04. The molecule has 18 heavy (non-hydrogen) atoms. The smallest absolute Gasteiger partial charge is 0.102 e. The molecule has 0 spiro atoms. The fourth-order valence-corrected chi connectivity index (χ4v) is 3.09. The van der Waals surface area contributed by atoms with Crippen molar-refractivity contribution in [2.45, 2.75) is 58.3 Å². The Labute approximate surface area is 109 Å².